The molecule has 1 unspecified atom stereocenters. The number of hydrogen-bond donors (Lipinski definition) is 1. The summed E-state index contributed by atoms with van der Waals surface area (Å²) in [6.07, 6.45) is 2.84. The normalized spacial score (nSPS) is 23.7. The minimum atomic E-state index is 0.307. The topological polar surface area (TPSA) is 29.3 Å². The first kappa shape index (κ1) is 9.01. The van der Waals surface area contributed by atoms with Gasteiger partial charge in [0.05, 0.1) is 0 Å². The Bertz CT molecular complexity index is 119. The second-order valence-electron chi connectivity index (χ2n) is 3.99. The minimum Gasteiger partial charge on any atom is -0.327 e. The lowest BCUT2D eigenvalue weighted by Gasteiger charge is -2.25. The average Bonchev–Trinajstić information content (AvgIpc) is 2.65. The molecule has 0 heterocycles. The molecular weight excluding hydrogens is 136 g/mol. The van der Waals surface area contributed by atoms with E-state index in [0.717, 1.165) is 18.5 Å². The second kappa shape index (κ2) is 3.55. The Morgan fingerprint density at radius 1 is 1.45 bits per heavy atom. The van der Waals surface area contributed by atoms with Gasteiger partial charge in [-0.2, -0.15) is 0 Å². The summed E-state index contributed by atoms with van der Waals surface area (Å²) in [4.78, 5) is 2.38. The fraction of sp³-hybridized carbons (Fsp3) is 1.00. The molecule has 1 rings (SSSR count). The van der Waals surface area contributed by atoms with E-state index in [0.29, 0.717) is 6.04 Å². The van der Waals surface area contributed by atoms with Crippen LogP contribution in [-0.2, 0) is 0 Å². The van der Waals surface area contributed by atoms with Gasteiger partial charge in [0.1, 0.15) is 0 Å². The van der Waals surface area contributed by atoms with Gasteiger partial charge in [-0.25, -0.2) is 0 Å². The third-order valence-corrected chi connectivity index (χ3v) is 2.58. The Morgan fingerprint density at radius 3 is 2.36 bits per heavy atom. The number of nitrogens with two attached hydrogens (primary N) is 1. The van der Waals surface area contributed by atoms with E-state index in [1.807, 2.05) is 0 Å². The van der Waals surface area contributed by atoms with Crippen LogP contribution in [0.2, 0.25) is 0 Å². The lowest BCUT2D eigenvalue weighted by atomic mass is 10.2. The van der Waals surface area contributed by atoms with Crippen molar-refractivity contribution >= 4 is 0 Å². The highest BCUT2D eigenvalue weighted by Gasteiger charge is 2.30. The third kappa shape index (κ3) is 2.80. The molecule has 0 aromatic heterocycles. The van der Waals surface area contributed by atoms with Crippen LogP contribution in [0.15, 0.2) is 0 Å². The number of hydrogen-bond acceptors (Lipinski definition) is 2. The Morgan fingerprint density at radius 2 is 2.00 bits per heavy atom. The van der Waals surface area contributed by atoms with Crippen LogP contribution in [0.3, 0.4) is 0 Å². The van der Waals surface area contributed by atoms with E-state index in [1.165, 1.54) is 12.8 Å². The molecule has 2 atom stereocenters. The molecule has 2 heteroatoms. The number of rotatable bonds is 4. The molecule has 11 heavy (non-hydrogen) atoms. The highest BCUT2D eigenvalue weighted by molar-refractivity contribution is 4.84. The first-order valence-electron chi connectivity index (χ1n) is 4.57. The molecule has 2 N–H and O–H groups in total. The van der Waals surface area contributed by atoms with Gasteiger partial charge in [-0.15, -0.1) is 0 Å². The standard InChI is InChI=1S/C9H20N2/c1-7(10)6-11(3)8(2)9-4-5-9/h7-9H,4-6,10H2,1-3H3/t7-,8?/m0/s1. The smallest absolute Gasteiger partial charge is 0.0139 e. The highest BCUT2D eigenvalue weighted by atomic mass is 15.1. The summed E-state index contributed by atoms with van der Waals surface area (Å²) in [5.74, 6) is 0.957. The summed E-state index contributed by atoms with van der Waals surface area (Å²) in [5.41, 5.74) is 5.71. The van der Waals surface area contributed by atoms with Crippen molar-refractivity contribution < 1.29 is 0 Å². The number of nitrogens with zero attached hydrogens (tertiary/aromatic N) is 1. The Labute approximate surface area is 69.8 Å². The molecule has 2 nitrogen and oxygen atoms in total. The van der Waals surface area contributed by atoms with Crippen molar-refractivity contribution in [2.24, 2.45) is 11.7 Å². The fourth-order valence-electron chi connectivity index (χ4n) is 1.56. The van der Waals surface area contributed by atoms with E-state index < -0.39 is 0 Å². The van der Waals surface area contributed by atoms with Crippen LogP contribution in [0.4, 0.5) is 0 Å². The van der Waals surface area contributed by atoms with E-state index in [4.69, 9.17) is 5.73 Å². The molecule has 0 aromatic rings. The Balaban J connectivity index is 2.21. The molecule has 0 spiro atoms. The van der Waals surface area contributed by atoms with Crippen LogP contribution in [-0.4, -0.2) is 30.6 Å². The molecule has 1 fully saturated rings. The van der Waals surface area contributed by atoms with Crippen LogP contribution >= 0.6 is 0 Å². The highest BCUT2D eigenvalue weighted by Crippen LogP contribution is 2.34. The Kier molecular flexibility index (Phi) is 2.90. The molecule has 0 saturated heterocycles. The molecule has 1 aliphatic carbocycles. The van der Waals surface area contributed by atoms with E-state index in [2.05, 4.69) is 25.8 Å². The van der Waals surface area contributed by atoms with E-state index in [9.17, 15) is 0 Å². The molecule has 0 bridgehead atoms. The fourth-order valence-corrected chi connectivity index (χ4v) is 1.56. The van der Waals surface area contributed by atoms with Gasteiger partial charge in [0, 0.05) is 18.6 Å². The largest absolute Gasteiger partial charge is 0.327 e. The first-order valence-corrected chi connectivity index (χ1v) is 4.57. The van der Waals surface area contributed by atoms with Crippen LogP contribution in [0.1, 0.15) is 26.7 Å². The summed E-state index contributed by atoms with van der Waals surface area (Å²) in [6, 6.07) is 1.04. The van der Waals surface area contributed by atoms with E-state index in [-0.39, 0.29) is 0 Å². The van der Waals surface area contributed by atoms with Crippen LogP contribution < -0.4 is 5.73 Å². The summed E-state index contributed by atoms with van der Waals surface area (Å²) >= 11 is 0. The zero-order valence-electron chi connectivity index (χ0n) is 7.88. The first-order chi connectivity index (χ1) is 5.11. The SMILES string of the molecule is CC(C1CC1)N(C)C[C@H](C)N. The Hall–Kier alpha value is -0.0800. The maximum absolute atomic E-state index is 5.71. The van der Waals surface area contributed by atoms with Gasteiger partial charge >= 0.3 is 0 Å². The maximum Gasteiger partial charge on any atom is 0.0139 e. The zero-order chi connectivity index (χ0) is 8.43. The van der Waals surface area contributed by atoms with Crippen molar-refractivity contribution in [3.8, 4) is 0 Å². The summed E-state index contributed by atoms with van der Waals surface area (Å²) in [5, 5.41) is 0. The lowest BCUT2D eigenvalue weighted by molar-refractivity contribution is 0.225. The van der Waals surface area contributed by atoms with Crippen LogP contribution in [0, 0.1) is 5.92 Å². The second-order valence-corrected chi connectivity index (χ2v) is 3.99. The van der Waals surface area contributed by atoms with Crippen molar-refractivity contribution in [2.45, 2.75) is 38.8 Å². The van der Waals surface area contributed by atoms with Gasteiger partial charge in [0.2, 0.25) is 0 Å². The summed E-state index contributed by atoms with van der Waals surface area (Å²) in [7, 11) is 2.17. The molecule has 0 aliphatic heterocycles. The summed E-state index contributed by atoms with van der Waals surface area (Å²) < 4.78 is 0. The van der Waals surface area contributed by atoms with E-state index >= 15 is 0 Å². The van der Waals surface area contributed by atoms with Gasteiger partial charge in [-0.3, -0.25) is 0 Å². The van der Waals surface area contributed by atoms with Gasteiger partial charge in [-0.1, -0.05) is 0 Å². The minimum absolute atomic E-state index is 0.307. The third-order valence-electron chi connectivity index (χ3n) is 2.58. The monoisotopic (exact) mass is 156 g/mol. The van der Waals surface area contributed by atoms with Crippen molar-refractivity contribution in [1.29, 1.82) is 0 Å². The molecule has 1 aliphatic rings. The van der Waals surface area contributed by atoms with E-state index in [1.54, 1.807) is 0 Å². The van der Waals surface area contributed by atoms with Crippen LogP contribution in [0.5, 0.6) is 0 Å². The number of likely N-dealkylation sites (N-methyl/N-ethyl adjacent to an activating group) is 1. The molecule has 1 saturated carbocycles. The van der Waals surface area contributed by atoms with Gasteiger partial charge in [0.15, 0.2) is 0 Å². The predicted octanol–water partition coefficient (Wildman–Crippen LogP) is 1.06. The zero-order valence-corrected chi connectivity index (χ0v) is 7.88. The maximum atomic E-state index is 5.71. The van der Waals surface area contributed by atoms with Crippen LogP contribution in [0.25, 0.3) is 0 Å². The van der Waals surface area contributed by atoms with Gasteiger partial charge in [0.25, 0.3) is 0 Å². The van der Waals surface area contributed by atoms with Crippen molar-refractivity contribution in [3.05, 3.63) is 0 Å². The predicted molar refractivity (Wildman–Crippen MR) is 48.5 cm³/mol. The van der Waals surface area contributed by atoms with Crippen molar-refractivity contribution in [2.75, 3.05) is 13.6 Å². The van der Waals surface area contributed by atoms with Crippen molar-refractivity contribution in [1.82, 2.24) is 4.90 Å². The quantitative estimate of drug-likeness (QED) is 0.659. The molecule has 0 radical (unpaired) electrons. The van der Waals surface area contributed by atoms with Gasteiger partial charge in [-0.05, 0) is 39.7 Å². The molecule has 0 amide bonds. The molecular formula is C9H20N2. The average molecular weight is 156 g/mol. The summed E-state index contributed by atoms with van der Waals surface area (Å²) in [6.45, 7) is 5.40. The lowest BCUT2D eigenvalue weighted by Crippen LogP contribution is -2.39. The molecule has 66 valence electrons. The molecule has 0 aromatic carbocycles. The van der Waals surface area contributed by atoms with Crippen molar-refractivity contribution in [3.63, 3.8) is 0 Å². The van der Waals surface area contributed by atoms with Gasteiger partial charge < -0.3 is 10.6 Å².